The lowest BCUT2D eigenvalue weighted by atomic mass is 10.0. The van der Waals surface area contributed by atoms with Gasteiger partial charge in [-0.1, -0.05) is 115 Å². The third-order valence-electron chi connectivity index (χ3n) is 9.85. The van der Waals surface area contributed by atoms with Crippen molar-refractivity contribution in [1.82, 2.24) is 9.97 Å². The normalized spacial score (nSPS) is 11.5. The molecular weight excluding hydrogens is 651 g/mol. The van der Waals surface area contributed by atoms with Gasteiger partial charge in [-0.15, -0.1) is 11.3 Å². The van der Waals surface area contributed by atoms with E-state index in [-0.39, 0.29) is 0 Å². The molecule has 0 saturated heterocycles. The Morgan fingerprint density at radius 2 is 0.923 bits per heavy atom. The zero-order chi connectivity index (χ0) is 34.4. The van der Waals surface area contributed by atoms with Crippen molar-refractivity contribution >= 4 is 70.2 Å². The predicted molar refractivity (Wildman–Crippen MR) is 221 cm³/mol. The van der Waals surface area contributed by atoms with Crippen LogP contribution in [-0.2, 0) is 0 Å². The van der Waals surface area contributed by atoms with Crippen LogP contribution < -0.4 is 4.90 Å². The molecule has 0 aliphatic rings. The number of hydrogen-bond acceptors (Lipinski definition) is 4. The molecule has 0 fully saturated rings. The molecule has 0 unspecified atom stereocenters. The number of anilines is 3. The lowest BCUT2D eigenvalue weighted by Gasteiger charge is -2.26. The number of rotatable bonds is 6. The van der Waals surface area contributed by atoms with Crippen molar-refractivity contribution in [1.29, 1.82) is 0 Å². The van der Waals surface area contributed by atoms with Crippen molar-refractivity contribution in [2.75, 3.05) is 4.90 Å². The van der Waals surface area contributed by atoms with Crippen molar-refractivity contribution in [3.05, 3.63) is 188 Å². The molecule has 0 bridgehead atoms. The van der Waals surface area contributed by atoms with Crippen molar-refractivity contribution in [3.63, 3.8) is 0 Å². The van der Waals surface area contributed by atoms with Gasteiger partial charge in [0.15, 0.2) is 5.82 Å². The first kappa shape index (κ1) is 30.2. The van der Waals surface area contributed by atoms with E-state index in [1.807, 2.05) is 17.4 Å². The second kappa shape index (κ2) is 12.6. The quantitative estimate of drug-likeness (QED) is 0.175. The monoisotopic (exact) mass is 681 g/mol. The van der Waals surface area contributed by atoms with Crippen LogP contribution in [0.5, 0.6) is 0 Å². The highest BCUT2D eigenvalue weighted by molar-refractivity contribution is 7.25. The molecule has 0 aliphatic heterocycles. The van der Waals surface area contributed by atoms with Crippen LogP contribution in [0, 0.1) is 0 Å². The van der Waals surface area contributed by atoms with E-state index in [1.165, 1.54) is 42.1 Å². The Balaban J connectivity index is 1.04. The van der Waals surface area contributed by atoms with Gasteiger partial charge in [-0.2, -0.15) is 0 Å². The van der Waals surface area contributed by atoms with E-state index < -0.39 is 0 Å². The fourth-order valence-electron chi connectivity index (χ4n) is 7.25. The Hall–Kier alpha value is -6.62. The van der Waals surface area contributed by atoms with Gasteiger partial charge in [0.1, 0.15) is 0 Å². The molecule has 0 aliphatic carbocycles. The van der Waals surface area contributed by atoms with E-state index in [0.29, 0.717) is 5.82 Å². The summed E-state index contributed by atoms with van der Waals surface area (Å²) in [4.78, 5) is 12.6. The van der Waals surface area contributed by atoms with E-state index in [1.54, 1.807) is 0 Å². The van der Waals surface area contributed by atoms with Crippen LogP contribution in [0.3, 0.4) is 0 Å². The third-order valence-corrected chi connectivity index (χ3v) is 11.0. The Kier molecular flexibility index (Phi) is 7.33. The number of aromatic nitrogens is 2. The maximum atomic E-state index is 5.26. The molecule has 0 amide bonds. The highest BCUT2D eigenvalue weighted by Gasteiger charge is 2.16. The van der Waals surface area contributed by atoms with Gasteiger partial charge in [0, 0.05) is 53.7 Å². The maximum absolute atomic E-state index is 5.26. The number of nitrogens with zero attached hydrogens (tertiary/aromatic N) is 3. The van der Waals surface area contributed by atoms with E-state index in [2.05, 4.69) is 187 Å². The summed E-state index contributed by atoms with van der Waals surface area (Å²) >= 11 is 1.84. The molecule has 3 nitrogen and oxygen atoms in total. The molecule has 2 heterocycles. The van der Waals surface area contributed by atoms with E-state index in [4.69, 9.17) is 9.97 Å². The summed E-state index contributed by atoms with van der Waals surface area (Å²) < 4.78 is 2.56. The van der Waals surface area contributed by atoms with E-state index in [0.717, 1.165) is 44.8 Å². The predicted octanol–water partition coefficient (Wildman–Crippen LogP) is 13.6. The average molecular weight is 682 g/mol. The molecule has 0 spiro atoms. The van der Waals surface area contributed by atoms with Crippen LogP contribution in [0.1, 0.15) is 0 Å². The zero-order valence-corrected chi connectivity index (χ0v) is 29.0. The van der Waals surface area contributed by atoms with Crippen LogP contribution in [0.15, 0.2) is 188 Å². The van der Waals surface area contributed by atoms with Gasteiger partial charge in [-0.3, -0.25) is 0 Å². The molecule has 0 radical (unpaired) electrons. The zero-order valence-electron chi connectivity index (χ0n) is 28.1. The minimum absolute atomic E-state index is 0.710. The number of fused-ring (bicyclic) bond motifs is 5. The first-order chi connectivity index (χ1) is 25.7. The Morgan fingerprint density at radius 1 is 0.365 bits per heavy atom. The van der Waals surface area contributed by atoms with Crippen molar-refractivity contribution in [2.24, 2.45) is 0 Å². The minimum atomic E-state index is 0.710. The van der Waals surface area contributed by atoms with Gasteiger partial charge in [0.25, 0.3) is 0 Å². The Labute approximate surface area is 305 Å². The molecule has 4 heteroatoms. The number of para-hydroxylation sites is 2. The summed E-state index contributed by atoms with van der Waals surface area (Å²) in [5.41, 5.74) is 9.58. The van der Waals surface area contributed by atoms with Crippen LogP contribution in [0.4, 0.5) is 17.1 Å². The molecule has 0 N–H and O–H groups in total. The molecule has 2 aromatic heterocycles. The van der Waals surface area contributed by atoms with Crippen molar-refractivity contribution in [3.8, 4) is 33.8 Å². The summed E-state index contributed by atoms with van der Waals surface area (Å²) in [5, 5.41) is 6.16. The minimum Gasteiger partial charge on any atom is -0.311 e. The SMILES string of the molecule is c1ccc(-c2ccc(N(c3ccccc3)c3ccc(-c4nc(-c5ccc6c(c5)sc5cc7ccccc7cc56)c5ccccc5n4)cc3)cc2)cc1. The van der Waals surface area contributed by atoms with Crippen LogP contribution in [0.25, 0.3) is 75.6 Å². The Morgan fingerprint density at radius 3 is 1.67 bits per heavy atom. The lowest BCUT2D eigenvalue weighted by molar-refractivity contribution is 1.22. The van der Waals surface area contributed by atoms with Gasteiger partial charge in [-0.25, -0.2) is 9.97 Å². The van der Waals surface area contributed by atoms with E-state index in [9.17, 15) is 0 Å². The molecule has 10 rings (SSSR count). The van der Waals surface area contributed by atoms with Gasteiger partial charge < -0.3 is 4.90 Å². The fourth-order valence-corrected chi connectivity index (χ4v) is 8.43. The molecule has 10 aromatic rings. The van der Waals surface area contributed by atoms with Gasteiger partial charge in [-0.05, 0) is 94.7 Å². The second-order valence-corrected chi connectivity index (χ2v) is 14.1. The van der Waals surface area contributed by atoms with Crippen LogP contribution in [0.2, 0.25) is 0 Å². The molecule has 8 aromatic carbocycles. The topological polar surface area (TPSA) is 29.0 Å². The fraction of sp³-hybridized carbons (Fsp3) is 0. The summed E-state index contributed by atoms with van der Waals surface area (Å²) in [6.07, 6.45) is 0. The maximum Gasteiger partial charge on any atom is 0.160 e. The molecular formula is C48H31N3S. The smallest absolute Gasteiger partial charge is 0.160 e. The van der Waals surface area contributed by atoms with Crippen LogP contribution >= 0.6 is 11.3 Å². The number of benzene rings is 8. The number of thiophene rings is 1. The average Bonchev–Trinajstić information content (AvgIpc) is 3.57. The summed E-state index contributed by atoms with van der Waals surface area (Å²) in [7, 11) is 0. The van der Waals surface area contributed by atoms with Gasteiger partial charge in [0.2, 0.25) is 0 Å². The largest absolute Gasteiger partial charge is 0.311 e. The third kappa shape index (κ3) is 5.38. The van der Waals surface area contributed by atoms with Crippen molar-refractivity contribution < 1.29 is 0 Å². The molecule has 244 valence electrons. The Bertz CT molecular complexity index is 2880. The van der Waals surface area contributed by atoms with Crippen LogP contribution in [-0.4, -0.2) is 9.97 Å². The number of hydrogen-bond donors (Lipinski definition) is 0. The molecule has 0 atom stereocenters. The lowest BCUT2D eigenvalue weighted by Crippen LogP contribution is -2.09. The van der Waals surface area contributed by atoms with E-state index >= 15 is 0 Å². The summed E-state index contributed by atoms with van der Waals surface area (Å²) in [6.45, 7) is 0. The first-order valence-corrected chi connectivity index (χ1v) is 18.3. The summed E-state index contributed by atoms with van der Waals surface area (Å²) in [6, 6.07) is 66.7. The van der Waals surface area contributed by atoms with Gasteiger partial charge >= 0.3 is 0 Å². The summed E-state index contributed by atoms with van der Waals surface area (Å²) in [5.74, 6) is 0.710. The molecule has 52 heavy (non-hydrogen) atoms. The second-order valence-electron chi connectivity index (χ2n) is 13.1. The van der Waals surface area contributed by atoms with Gasteiger partial charge in [0.05, 0.1) is 11.2 Å². The highest BCUT2D eigenvalue weighted by atomic mass is 32.1. The standard InChI is InChI=1S/C48H31N3S/c1-3-11-32(12-4-1)33-19-24-39(25-20-33)51(38-15-5-2-6-16-38)40-26-21-34(22-27-40)48-49-44-18-10-9-17-42(44)47(50-48)37-23-28-41-43-29-35-13-7-8-14-36(35)30-46(43)52-45(41)31-37/h1-31H. The van der Waals surface area contributed by atoms with Crippen molar-refractivity contribution in [2.45, 2.75) is 0 Å². The first-order valence-electron chi connectivity index (χ1n) is 17.5. The highest BCUT2D eigenvalue weighted by Crippen LogP contribution is 2.40. The molecule has 0 saturated carbocycles.